The molecule has 0 saturated heterocycles. The molecule has 0 aromatic heterocycles. The minimum atomic E-state index is -0.407. The first kappa shape index (κ1) is 15.6. The van der Waals surface area contributed by atoms with Crippen molar-refractivity contribution in [2.75, 3.05) is 11.9 Å². The molecule has 0 fully saturated rings. The second-order valence-electron chi connectivity index (χ2n) is 4.09. The van der Waals surface area contributed by atoms with E-state index in [1.165, 1.54) is 12.1 Å². The molecule has 1 amide bonds. The van der Waals surface area contributed by atoms with Crippen LogP contribution in [-0.2, 0) is 0 Å². The molecule has 5 heteroatoms. The van der Waals surface area contributed by atoms with Gasteiger partial charge in [0.2, 0.25) is 0 Å². The van der Waals surface area contributed by atoms with Crippen LogP contribution in [0.4, 0.5) is 4.39 Å². The highest BCUT2D eigenvalue weighted by Crippen LogP contribution is 2.18. The Morgan fingerprint density at radius 1 is 1.50 bits per heavy atom. The van der Waals surface area contributed by atoms with Gasteiger partial charge in [-0.2, -0.15) is 0 Å². The number of carbonyl (C=O) groups excluding carboxylic acids is 1. The maximum atomic E-state index is 13.1. The first-order valence-corrected chi connectivity index (χ1v) is 7.79. The van der Waals surface area contributed by atoms with Crippen LogP contribution in [0, 0.1) is 11.7 Å². The van der Waals surface area contributed by atoms with Crippen molar-refractivity contribution in [2.24, 2.45) is 5.92 Å². The lowest BCUT2D eigenvalue weighted by molar-refractivity contribution is 0.0945. The fourth-order valence-electron chi connectivity index (χ4n) is 1.61. The summed E-state index contributed by atoms with van der Waals surface area (Å²) < 4.78 is 13.7. The van der Waals surface area contributed by atoms with Crippen LogP contribution in [0.25, 0.3) is 0 Å². The number of hydrogen-bond donors (Lipinski definition) is 1. The molecule has 1 atom stereocenters. The first-order valence-electron chi connectivity index (χ1n) is 5.87. The van der Waals surface area contributed by atoms with Crippen molar-refractivity contribution in [1.29, 1.82) is 0 Å². The minimum Gasteiger partial charge on any atom is -0.352 e. The number of benzene rings is 1. The molecule has 0 saturated carbocycles. The number of hydrogen-bond acceptors (Lipinski definition) is 1. The molecular formula is C13H16Br2FNO. The molecule has 0 heterocycles. The molecule has 0 bridgehead atoms. The standard InChI is InChI=1S/C13H16Br2FNO/c1-2-9(5-6-14)8-17-13(18)11-7-10(16)3-4-12(11)15/h3-4,7,9H,2,5-6,8H2,1H3,(H,17,18). The molecule has 1 unspecified atom stereocenters. The summed E-state index contributed by atoms with van der Waals surface area (Å²) >= 11 is 6.64. The van der Waals surface area contributed by atoms with E-state index in [2.05, 4.69) is 44.1 Å². The molecule has 0 spiro atoms. The Hall–Kier alpha value is -0.420. The van der Waals surface area contributed by atoms with Crippen molar-refractivity contribution in [3.8, 4) is 0 Å². The maximum absolute atomic E-state index is 13.1. The predicted molar refractivity (Wildman–Crippen MR) is 78.6 cm³/mol. The van der Waals surface area contributed by atoms with E-state index in [0.717, 1.165) is 18.2 Å². The van der Waals surface area contributed by atoms with Crippen molar-refractivity contribution in [3.05, 3.63) is 34.1 Å². The normalized spacial score (nSPS) is 12.2. The number of halogens is 3. The molecule has 0 aliphatic rings. The molecule has 0 radical (unpaired) electrons. The smallest absolute Gasteiger partial charge is 0.252 e. The summed E-state index contributed by atoms with van der Waals surface area (Å²) in [5, 5.41) is 3.77. The van der Waals surface area contributed by atoms with E-state index in [1.807, 2.05) is 0 Å². The average molecular weight is 381 g/mol. The number of amides is 1. The van der Waals surface area contributed by atoms with E-state index < -0.39 is 5.82 Å². The van der Waals surface area contributed by atoms with Gasteiger partial charge in [0, 0.05) is 16.3 Å². The Morgan fingerprint density at radius 2 is 2.22 bits per heavy atom. The van der Waals surface area contributed by atoms with Gasteiger partial charge in [0.25, 0.3) is 5.91 Å². The quantitative estimate of drug-likeness (QED) is 0.738. The van der Waals surface area contributed by atoms with Crippen molar-refractivity contribution < 1.29 is 9.18 Å². The van der Waals surface area contributed by atoms with Gasteiger partial charge in [-0.25, -0.2) is 4.39 Å². The fraction of sp³-hybridized carbons (Fsp3) is 0.462. The molecule has 0 aliphatic heterocycles. The van der Waals surface area contributed by atoms with E-state index in [0.29, 0.717) is 22.5 Å². The van der Waals surface area contributed by atoms with E-state index >= 15 is 0 Å². The summed E-state index contributed by atoms with van der Waals surface area (Å²) in [6.07, 6.45) is 2.03. The van der Waals surface area contributed by atoms with Gasteiger partial charge < -0.3 is 5.32 Å². The lowest BCUT2D eigenvalue weighted by Gasteiger charge is -2.14. The van der Waals surface area contributed by atoms with Gasteiger partial charge >= 0.3 is 0 Å². The van der Waals surface area contributed by atoms with Crippen molar-refractivity contribution in [3.63, 3.8) is 0 Å². The molecule has 18 heavy (non-hydrogen) atoms. The van der Waals surface area contributed by atoms with Crippen LogP contribution in [0.5, 0.6) is 0 Å². The predicted octanol–water partition coefficient (Wildman–Crippen LogP) is 4.13. The van der Waals surface area contributed by atoms with Crippen LogP contribution in [0.15, 0.2) is 22.7 Å². The molecule has 2 nitrogen and oxygen atoms in total. The van der Waals surface area contributed by atoms with E-state index in [-0.39, 0.29) is 5.91 Å². The van der Waals surface area contributed by atoms with Crippen LogP contribution in [0.2, 0.25) is 0 Å². The monoisotopic (exact) mass is 379 g/mol. The van der Waals surface area contributed by atoms with Gasteiger partial charge in [0.15, 0.2) is 0 Å². The average Bonchev–Trinajstić information content (AvgIpc) is 2.37. The Kier molecular flexibility index (Phi) is 6.86. The molecule has 1 aromatic rings. The summed E-state index contributed by atoms with van der Waals surface area (Å²) in [4.78, 5) is 11.9. The zero-order chi connectivity index (χ0) is 13.5. The zero-order valence-corrected chi connectivity index (χ0v) is 13.4. The number of rotatable bonds is 6. The Morgan fingerprint density at radius 3 is 2.83 bits per heavy atom. The van der Waals surface area contributed by atoms with Gasteiger partial charge in [-0.1, -0.05) is 29.3 Å². The highest BCUT2D eigenvalue weighted by Gasteiger charge is 2.13. The highest BCUT2D eigenvalue weighted by atomic mass is 79.9. The molecule has 1 N–H and O–H groups in total. The summed E-state index contributed by atoms with van der Waals surface area (Å²) in [7, 11) is 0. The maximum Gasteiger partial charge on any atom is 0.252 e. The topological polar surface area (TPSA) is 29.1 Å². The lowest BCUT2D eigenvalue weighted by Crippen LogP contribution is -2.29. The number of nitrogens with one attached hydrogen (secondary N) is 1. The van der Waals surface area contributed by atoms with Crippen molar-refractivity contribution in [2.45, 2.75) is 19.8 Å². The third-order valence-corrected chi connectivity index (χ3v) is 3.97. The number of alkyl halides is 1. The molecule has 100 valence electrons. The first-order chi connectivity index (χ1) is 8.58. The van der Waals surface area contributed by atoms with Crippen LogP contribution in [0.3, 0.4) is 0 Å². The van der Waals surface area contributed by atoms with Gasteiger partial charge in [-0.15, -0.1) is 0 Å². The lowest BCUT2D eigenvalue weighted by atomic mass is 10.0. The molecule has 1 aromatic carbocycles. The second-order valence-corrected chi connectivity index (χ2v) is 5.73. The zero-order valence-electron chi connectivity index (χ0n) is 10.2. The Labute approximate surface area is 124 Å². The van der Waals surface area contributed by atoms with E-state index in [4.69, 9.17) is 0 Å². The van der Waals surface area contributed by atoms with Gasteiger partial charge in [0.1, 0.15) is 5.82 Å². The summed E-state index contributed by atoms with van der Waals surface area (Å²) in [5.41, 5.74) is 0.337. The third kappa shape index (κ3) is 4.69. The SMILES string of the molecule is CCC(CCBr)CNC(=O)c1cc(F)ccc1Br. The molecular weight excluding hydrogens is 365 g/mol. The van der Waals surface area contributed by atoms with E-state index in [1.54, 1.807) is 6.07 Å². The Bertz CT molecular complexity index is 412. The van der Waals surface area contributed by atoms with Crippen LogP contribution < -0.4 is 5.32 Å². The van der Waals surface area contributed by atoms with Crippen molar-refractivity contribution in [1.82, 2.24) is 5.32 Å². The van der Waals surface area contributed by atoms with Gasteiger partial charge in [-0.3, -0.25) is 4.79 Å². The summed E-state index contributed by atoms with van der Waals surface area (Å²) in [6.45, 7) is 2.71. The third-order valence-electron chi connectivity index (χ3n) is 2.82. The molecule has 1 rings (SSSR count). The highest BCUT2D eigenvalue weighted by molar-refractivity contribution is 9.10. The van der Waals surface area contributed by atoms with Crippen LogP contribution in [-0.4, -0.2) is 17.8 Å². The van der Waals surface area contributed by atoms with Gasteiger partial charge in [-0.05, 0) is 46.5 Å². The van der Waals surface area contributed by atoms with E-state index in [9.17, 15) is 9.18 Å². The Balaban J connectivity index is 2.62. The second kappa shape index (κ2) is 7.89. The summed E-state index contributed by atoms with van der Waals surface area (Å²) in [5.74, 6) is -0.203. The van der Waals surface area contributed by atoms with Crippen LogP contribution >= 0.6 is 31.9 Å². The van der Waals surface area contributed by atoms with Gasteiger partial charge in [0.05, 0.1) is 5.56 Å². The molecule has 0 aliphatic carbocycles. The largest absolute Gasteiger partial charge is 0.352 e. The summed E-state index contributed by atoms with van der Waals surface area (Å²) in [6, 6.07) is 4.10. The van der Waals surface area contributed by atoms with Crippen molar-refractivity contribution >= 4 is 37.8 Å². The van der Waals surface area contributed by atoms with Crippen LogP contribution in [0.1, 0.15) is 30.1 Å². The fourth-order valence-corrected chi connectivity index (χ4v) is 2.68. The minimum absolute atomic E-state index is 0.241. The number of carbonyl (C=O) groups is 1.